The van der Waals surface area contributed by atoms with Crippen LogP contribution in [0.2, 0.25) is 0 Å². The number of esters is 1. The van der Waals surface area contributed by atoms with Crippen LogP contribution in [0, 0.1) is 10.1 Å². The summed E-state index contributed by atoms with van der Waals surface area (Å²) in [7, 11) is 0. The minimum absolute atomic E-state index is 0.114. The summed E-state index contributed by atoms with van der Waals surface area (Å²) in [5.74, 6) is -4.01. The summed E-state index contributed by atoms with van der Waals surface area (Å²) in [4.78, 5) is 36.5. The molecule has 0 spiro atoms. The summed E-state index contributed by atoms with van der Waals surface area (Å²) in [6.07, 6.45) is 0.898. The number of carboxylic acid groups (broad SMARTS) is 1. The molecule has 1 aromatic rings. The number of aromatic nitrogens is 1. The SMILES string of the molecule is CC(C)(C)OC(=O)C(C(=O)O)c1ccc([N+](=O)[O-])cn1. The van der Waals surface area contributed by atoms with Crippen molar-refractivity contribution in [2.24, 2.45) is 0 Å². The fraction of sp³-hybridized carbons (Fsp3) is 0.417. The average Bonchev–Trinajstić information content (AvgIpc) is 2.26. The Balaban J connectivity index is 3.05. The van der Waals surface area contributed by atoms with Crippen molar-refractivity contribution >= 4 is 17.6 Å². The van der Waals surface area contributed by atoms with Gasteiger partial charge in [-0.2, -0.15) is 0 Å². The first-order valence-electron chi connectivity index (χ1n) is 5.68. The molecule has 20 heavy (non-hydrogen) atoms. The van der Waals surface area contributed by atoms with Crippen molar-refractivity contribution in [2.45, 2.75) is 32.3 Å². The van der Waals surface area contributed by atoms with Crippen molar-refractivity contribution in [1.82, 2.24) is 4.98 Å². The first-order valence-corrected chi connectivity index (χ1v) is 5.68. The molecule has 0 saturated carbocycles. The fourth-order valence-electron chi connectivity index (χ4n) is 1.39. The molecule has 0 aliphatic rings. The number of carbonyl (C=O) groups is 2. The molecule has 0 saturated heterocycles. The highest BCUT2D eigenvalue weighted by molar-refractivity contribution is 5.99. The molecule has 0 aromatic carbocycles. The van der Waals surface area contributed by atoms with E-state index in [9.17, 15) is 19.7 Å². The summed E-state index contributed by atoms with van der Waals surface area (Å²) in [6, 6.07) is 2.21. The second kappa shape index (κ2) is 5.64. The van der Waals surface area contributed by atoms with Crippen LogP contribution in [0.5, 0.6) is 0 Å². The normalized spacial score (nSPS) is 12.6. The van der Waals surface area contributed by atoms with Gasteiger partial charge in [0.2, 0.25) is 0 Å². The van der Waals surface area contributed by atoms with Gasteiger partial charge in [0.05, 0.1) is 10.6 Å². The first kappa shape index (κ1) is 15.5. The van der Waals surface area contributed by atoms with Crippen LogP contribution in [0.4, 0.5) is 5.69 Å². The molecule has 0 aliphatic heterocycles. The monoisotopic (exact) mass is 282 g/mol. The third-order valence-electron chi connectivity index (χ3n) is 2.17. The Labute approximate surface area is 114 Å². The van der Waals surface area contributed by atoms with Gasteiger partial charge in [0.1, 0.15) is 11.8 Å². The van der Waals surface area contributed by atoms with Gasteiger partial charge in [-0.1, -0.05) is 0 Å². The van der Waals surface area contributed by atoms with Crippen LogP contribution in [-0.2, 0) is 14.3 Å². The van der Waals surface area contributed by atoms with E-state index in [4.69, 9.17) is 9.84 Å². The van der Waals surface area contributed by atoms with Gasteiger partial charge in [0.15, 0.2) is 5.92 Å². The summed E-state index contributed by atoms with van der Waals surface area (Å²) >= 11 is 0. The van der Waals surface area contributed by atoms with Crippen molar-refractivity contribution < 1.29 is 24.4 Å². The Morgan fingerprint density at radius 3 is 2.35 bits per heavy atom. The van der Waals surface area contributed by atoms with Gasteiger partial charge in [-0.05, 0) is 26.8 Å². The molecule has 108 valence electrons. The Morgan fingerprint density at radius 1 is 1.40 bits per heavy atom. The topological polar surface area (TPSA) is 120 Å². The molecule has 0 fully saturated rings. The van der Waals surface area contributed by atoms with Gasteiger partial charge in [-0.3, -0.25) is 24.7 Å². The predicted octanol–water partition coefficient (Wildman–Crippen LogP) is 1.50. The van der Waals surface area contributed by atoms with Crippen molar-refractivity contribution in [3.8, 4) is 0 Å². The molecule has 8 heteroatoms. The van der Waals surface area contributed by atoms with Crippen molar-refractivity contribution in [3.05, 3.63) is 34.1 Å². The maximum Gasteiger partial charge on any atom is 0.327 e. The second-order valence-electron chi connectivity index (χ2n) is 5.00. The molecule has 1 aromatic heterocycles. The van der Waals surface area contributed by atoms with E-state index >= 15 is 0 Å². The number of ether oxygens (including phenoxy) is 1. The van der Waals surface area contributed by atoms with Crippen molar-refractivity contribution in [3.63, 3.8) is 0 Å². The second-order valence-corrected chi connectivity index (χ2v) is 5.00. The molecule has 1 N–H and O–H groups in total. The first-order chi connectivity index (χ1) is 9.11. The molecular formula is C12H14N2O6. The number of carboxylic acids is 1. The van der Waals surface area contributed by atoms with Crippen LogP contribution >= 0.6 is 0 Å². The quantitative estimate of drug-likeness (QED) is 0.384. The van der Waals surface area contributed by atoms with E-state index in [-0.39, 0.29) is 11.4 Å². The maximum atomic E-state index is 11.8. The van der Waals surface area contributed by atoms with E-state index in [2.05, 4.69) is 4.98 Å². The molecule has 1 heterocycles. The third-order valence-corrected chi connectivity index (χ3v) is 2.17. The number of rotatable bonds is 4. The Kier molecular flexibility index (Phi) is 4.38. The van der Waals surface area contributed by atoms with Crippen LogP contribution in [0.25, 0.3) is 0 Å². The highest BCUT2D eigenvalue weighted by atomic mass is 16.6. The van der Waals surface area contributed by atoms with Gasteiger partial charge in [-0.15, -0.1) is 0 Å². The van der Waals surface area contributed by atoms with Gasteiger partial charge in [-0.25, -0.2) is 0 Å². The van der Waals surface area contributed by atoms with Crippen LogP contribution in [0.1, 0.15) is 32.4 Å². The van der Waals surface area contributed by atoms with Crippen LogP contribution in [0.3, 0.4) is 0 Å². The van der Waals surface area contributed by atoms with Gasteiger partial charge < -0.3 is 9.84 Å². The van der Waals surface area contributed by atoms with Gasteiger partial charge in [0.25, 0.3) is 5.69 Å². The fourth-order valence-corrected chi connectivity index (χ4v) is 1.39. The smallest absolute Gasteiger partial charge is 0.327 e. The molecule has 0 radical (unpaired) electrons. The number of nitro groups is 1. The summed E-state index contributed by atoms with van der Waals surface area (Å²) < 4.78 is 5.00. The summed E-state index contributed by atoms with van der Waals surface area (Å²) in [6.45, 7) is 4.81. The molecule has 1 atom stereocenters. The molecular weight excluding hydrogens is 268 g/mol. The van der Waals surface area contributed by atoms with Crippen LogP contribution < -0.4 is 0 Å². The van der Waals surface area contributed by atoms with E-state index in [0.29, 0.717) is 0 Å². The highest BCUT2D eigenvalue weighted by Crippen LogP contribution is 2.21. The molecule has 1 rings (SSSR count). The standard InChI is InChI=1S/C12H14N2O6/c1-12(2,3)20-11(17)9(10(15)16)8-5-4-7(6-13-8)14(18)19/h4-6,9H,1-3H3,(H,15,16). The number of carbonyl (C=O) groups excluding carboxylic acids is 1. The minimum Gasteiger partial charge on any atom is -0.480 e. The highest BCUT2D eigenvalue weighted by Gasteiger charge is 2.34. The van der Waals surface area contributed by atoms with Gasteiger partial charge >= 0.3 is 11.9 Å². The zero-order valence-electron chi connectivity index (χ0n) is 11.2. The Hall–Kier alpha value is -2.51. The van der Waals surface area contributed by atoms with Crippen molar-refractivity contribution in [1.29, 1.82) is 0 Å². The molecule has 1 unspecified atom stereocenters. The molecule has 0 bridgehead atoms. The number of pyridine rings is 1. The van der Waals surface area contributed by atoms with Gasteiger partial charge in [0, 0.05) is 6.07 Å². The van der Waals surface area contributed by atoms with E-state index in [1.54, 1.807) is 20.8 Å². The maximum absolute atomic E-state index is 11.8. The third kappa shape index (κ3) is 4.01. The summed E-state index contributed by atoms with van der Waals surface area (Å²) in [5.41, 5.74) is -1.25. The molecule has 0 aliphatic carbocycles. The minimum atomic E-state index is -1.62. The Bertz CT molecular complexity index is 532. The lowest BCUT2D eigenvalue weighted by molar-refractivity contribution is -0.385. The molecule has 8 nitrogen and oxygen atoms in total. The number of nitrogens with zero attached hydrogens (tertiary/aromatic N) is 2. The average molecular weight is 282 g/mol. The lowest BCUT2D eigenvalue weighted by atomic mass is 10.0. The predicted molar refractivity (Wildman–Crippen MR) is 67.1 cm³/mol. The van der Waals surface area contributed by atoms with E-state index in [1.807, 2.05) is 0 Å². The zero-order valence-corrected chi connectivity index (χ0v) is 11.2. The lowest BCUT2D eigenvalue weighted by Gasteiger charge is -2.21. The van der Waals surface area contributed by atoms with Crippen LogP contribution in [-0.4, -0.2) is 32.6 Å². The Morgan fingerprint density at radius 2 is 2.00 bits per heavy atom. The summed E-state index contributed by atoms with van der Waals surface area (Å²) in [5, 5.41) is 19.6. The number of aliphatic carboxylic acids is 1. The zero-order chi connectivity index (χ0) is 15.5. The largest absolute Gasteiger partial charge is 0.480 e. The lowest BCUT2D eigenvalue weighted by Crippen LogP contribution is -2.31. The van der Waals surface area contributed by atoms with Crippen molar-refractivity contribution in [2.75, 3.05) is 0 Å². The van der Waals surface area contributed by atoms with Crippen LogP contribution in [0.15, 0.2) is 18.3 Å². The molecule has 0 amide bonds. The van der Waals surface area contributed by atoms with E-state index < -0.39 is 28.4 Å². The number of hydrogen-bond acceptors (Lipinski definition) is 6. The number of hydrogen-bond donors (Lipinski definition) is 1. The van der Waals surface area contributed by atoms with E-state index in [0.717, 1.165) is 18.3 Å². The van der Waals surface area contributed by atoms with E-state index in [1.165, 1.54) is 0 Å².